The van der Waals surface area contributed by atoms with Gasteiger partial charge >= 0.3 is 0 Å². The predicted molar refractivity (Wildman–Crippen MR) is 227 cm³/mol. The monoisotopic (exact) mass is 713 g/mol. The number of rotatable bonds is 4. The Kier molecular flexibility index (Phi) is 6.09. The van der Waals surface area contributed by atoms with Gasteiger partial charge in [0.2, 0.25) is 0 Å². The van der Waals surface area contributed by atoms with Crippen LogP contribution in [0.4, 0.5) is 17.1 Å². The summed E-state index contributed by atoms with van der Waals surface area (Å²) in [6, 6.07) is 58.7. The summed E-state index contributed by atoms with van der Waals surface area (Å²) in [5, 5.41) is 9.50. The van der Waals surface area contributed by atoms with Crippen molar-refractivity contribution in [3.8, 4) is 11.1 Å². The van der Waals surface area contributed by atoms with Crippen LogP contribution in [0, 0.1) is 0 Å². The van der Waals surface area contributed by atoms with Crippen molar-refractivity contribution >= 4 is 124 Å². The number of hydrogen-bond acceptors (Lipinski definition) is 5. The van der Waals surface area contributed by atoms with Gasteiger partial charge in [0, 0.05) is 62.9 Å². The molecule has 12 aromatic rings. The van der Waals surface area contributed by atoms with Crippen LogP contribution in [0.2, 0.25) is 0 Å². The summed E-state index contributed by atoms with van der Waals surface area (Å²) in [4.78, 5) is 2.38. The quantitative estimate of drug-likeness (QED) is 0.182. The summed E-state index contributed by atoms with van der Waals surface area (Å²) in [6.45, 7) is 0. The SMILES string of the molecule is c1ccc2c(c1)oc1c(N(c3ccc(-c4cccc5sc6ccc7c8ccccc8oc7c6c45)cc3)c3cccc4c3sc3ccccc34)cccc12. The van der Waals surface area contributed by atoms with E-state index < -0.39 is 0 Å². The molecule has 12 rings (SSSR count). The molecule has 0 N–H and O–H groups in total. The first-order valence-electron chi connectivity index (χ1n) is 17.7. The first kappa shape index (κ1) is 29.2. The van der Waals surface area contributed by atoms with Crippen LogP contribution in [0.25, 0.3) is 95.3 Å². The highest BCUT2D eigenvalue weighted by Crippen LogP contribution is 2.49. The molecule has 248 valence electrons. The lowest BCUT2D eigenvalue weighted by Crippen LogP contribution is -2.10. The fourth-order valence-electron chi connectivity index (χ4n) is 8.34. The van der Waals surface area contributed by atoms with Crippen LogP contribution < -0.4 is 4.90 Å². The van der Waals surface area contributed by atoms with Gasteiger partial charge in [0.25, 0.3) is 0 Å². The molecule has 0 aliphatic carbocycles. The highest BCUT2D eigenvalue weighted by Gasteiger charge is 2.23. The lowest BCUT2D eigenvalue weighted by atomic mass is 9.98. The number of anilines is 3. The molecule has 4 aromatic heterocycles. The zero-order valence-electron chi connectivity index (χ0n) is 28.2. The Morgan fingerprint density at radius 1 is 0.377 bits per heavy atom. The summed E-state index contributed by atoms with van der Waals surface area (Å²) >= 11 is 3.67. The number of hydrogen-bond donors (Lipinski definition) is 0. The highest BCUT2D eigenvalue weighted by atomic mass is 32.1. The number of nitrogens with zero attached hydrogens (tertiary/aromatic N) is 1. The summed E-state index contributed by atoms with van der Waals surface area (Å²) in [5.74, 6) is 0. The number of para-hydroxylation sites is 3. The summed E-state index contributed by atoms with van der Waals surface area (Å²) in [5.41, 5.74) is 9.20. The van der Waals surface area contributed by atoms with Gasteiger partial charge in [-0.25, -0.2) is 0 Å². The molecule has 0 spiro atoms. The topological polar surface area (TPSA) is 29.5 Å². The van der Waals surface area contributed by atoms with Crippen molar-refractivity contribution in [2.75, 3.05) is 4.90 Å². The van der Waals surface area contributed by atoms with Gasteiger partial charge in [-0.3, -0.25) is 0 Å². The highest BCUT2D eigenvalue weighted by molar-refractivity contribution is 7.26. The summed E-state index contributed by atoms with van der Waals surface area (Å²) in [7, 11) is 0. The first-order valence-corrected chi connectivity index (χ1v) is 19.4. The minimum atomic E-state index is 0.875. The zero-order chi connectivity index (χ0) is 34.6. The molecule has 0 fully saturated rings. The van der Waals surface area contributed by atoms with Gasteiger partial charge in [-0.1, -0.05) is 103 Å². The molecule has 5 heteroatoms. The Balaban J connectivity index is 1.09. The van der Waals surface area contributed by atoms with Crippen LogP contribution in [-0.4, -0.2) is 0 Å². The molecular formula is C48H27NO2S2. The number of benzene rings is 8. The average molecular weight is 714 g/mol. The largest absolute Gasteiger partial charge is 0.455 e. The van der Waals surface area contributed by atoms with Crippen molar-refractivity contribution in [1.82, 2.24) is 0 Å². The van der Waals surface area contributed by atoms with Crippen molar-refractivity contribution in [2.24, 2.45) is 0 Å². The van der Waals surface area contributed by atoms with Gasteiger partial charge in [0.15, 0.2) is 5.58 Å². The summed E-state index contributed by atoms with van der Waals surface area (Å²) < 4.78 is 18.3. The lowest BCUT2D eigenvalue weighted by molar-refractivity contribution is 0.669. The molecule has 0 unspecified atom stereocenters. The molecule has 8 aromatic carbocycles. The fraction of sp³-hybridized carbons (Fsp3) is 0. The molecule has 0 atom stereocenters. The maximum Gasteiger partial charge on any atom is 0.159 e. The smallest absolute Gasteiger partial charge is 0.159 e. The van der Waals surface area contributed by atoms with Gasteiger partial charge in [0.05, 0.1) is 16.1 Å². The maximum atomic E-state index is 6.66. The first-order chi connectivity index (χ1) is 26.3. The molecule has 0 amide bonds. The Bertz CT molecular complexity index is 3300. The lowest BCUT2D eigenvalue weighted by Gasteiger charge is -2.26. The second-order valence-electron chi connectivity index (χ2n) is 13.6. The van der Waals surface area contributed by atoms with Gasteiger partial charge < -0.3 is 13.7 Å². The van der Waals surface area contributed by atoms with Crippen molar-refractivity contribution in [2.45, 2.75) is 0 Å². The standard InChI is InChI=1S/C48H27NO2S2/c1-4-18-39-31(10-1)34-14-7-16-37(46(34)50-39)49(38-17-8-15-36-33-12-3-6-20-41(33)53-48(36)38)29-24-22-28(23-25-29)30-13-9-21-42-44(30)45-43(52-42)27-26-35-32-11-2-5-19-40(32)51-47(35)45/h1-27H. The van der Waals surface area contributed by atoms with E-state index in [-0.39, 0.29) is 0 Å². The second-order valence-corrected chi connectivity index (χ2v) is 15.7. The van der Waals surface area contributed by atoms with Crippen LogP contribution in [0.3, 0.4) is 0 Å². The molecule has 0 radical (unpaired) electrons. The molecule has 0 aliphatic rings. The maximum absolute atomic E-state index is 6.66. The number of thiophene rings is 2. The van der Waals surface area contributed by atoms with Crippen LogP contribution in [-0.2, 0) is 0 Å². The van der Waals surface area contributed by atoms with Gasteiger partial charge in [-0.2, -0.15) is 0 Å². The van der Waals surface area contributed by atoms with E-state index in [1.165, 1.54) is 45.9 Å². The second kappa shape index (κ2) is 11.1. The Labute approximate surface area is 311 Å². The average Bonchev–Trinajstić information content (AvgIpc) is 3.98. The summed E-state index contributed by atoms with van der Waals surface area (Å²) in [6.07, 6.45) is 0. The van der Waals surface area contributed by atoms with Crippen molar-refractivity contribution in [3.63, 3.8) is 0 Å². The third kappa shape index (κ3) is 4.20. The van der Waals surface area contributed by atoms with E-state index in [2.05, 4.69) is 157 Å². The van der Waals surface area contributed by atoms with E-state index in [1.54, 1.807) is 0 Å². The van der Waals surface area contributed by atoms with E-state index >= 15 is 0 Å². The molecule has 0 bridgehead atoms. The van der Waals surface area contributed by atoms with E-state index in [9.17, 15) is 0 Å². The Morgan fingerprint density at radius 2 is 0.981 bits per heavy atom. The molecular weight excluding hydrogens is 687 g/mol. The van der Waals surface area contributed by atoms with Crippen molar-refractivity contribution in [1.29, 1.82) is 0 Å². The van der Waals surface area contributed by atoms with Gasteiger partial charge in [-0.15, -0.1) is 22.7 Å². The van der Waals surface area contributed by atoms with Gasteiger partial charge in [0.1, 0.15) is 16.7 Å². The Morgan fingerprint density at radius 3 is 1.79 bits per heavy atom. The molecule has 0 saturated heterocycles. The molecule has 4 heterocycles. The molecule has 0 saturated carbocycles. The van der Waals surface area contributed by atoms with Crippen LogP contribution in [0.1, 0.15) is 0 Å². The zero-order valence-corrected chi connectivity index (χ0v) is 29.8. The fourth-order valence-corrected chi connectivity index (χ4v) is 10.7. The molecule has 3 nitrogen and oxygen atoms in total. The third-order valence-electron chi connectivity index (χ3n) is 10.7. The minimum absolute atomic E-state index is 0.875. The van der Waals surface area contributed by atoms with E-state index in [4.69, 9.17) is 8.83 Å². The van der Waals surface area contributed by atoms with Crippen LogP contribution in [0.5, 0.6) is 0 Å². The minimum Gasteiger partial charge on any atom is -0.455 e. The third-order valence-corrected chi connectivity index (χ3v) is 13.0. The number of fused-ring (bicyclic) bond motifs is 13. The van der Waals surface area contributed by atoms with E-state index in [1.807, 2.05) is 34.8 Å². The van der Waals surface area contributed by atoms with Crippen LogP contribution in [0.15, 0.2) is 173 Å². The normalized spacial score (nSPS) is 12.2. The van der Waals surface area contributed by atoms with Crippen molar-refractivity contribution < 1.29 is 8.83 Å². The van der Waals surface area contributed by atoms with Crippen molar-refractivity contribution in [3.05, 3.63) is 164 Å². The molecule has 0 aliphatic heterocycles. The van der Waals surface area contributed by atoms with Crippen LogP contribution >= 0.6 is 22.7 Å². The number of furan rings is 2. The van der Waals surface area contributed by atoms with E-state index in [0.29, 0.717) is 0 Å². The van der Waals surface area contributed by atoms with Gasteiger partial charge in [-0.05, 0) is 71.8 Å². The predicted octanol–water partition coefficient (Wildman–Crippen LogP) is 15.4. The molecule has 53 heavy (non-hydrogen) atoms. The Hall–Kier alpha value is -6.40. The van der Waals surface area contributed by atoms with E-state index in [0.717, 1.165) is 66.5 Å².